The van der Waals surface area contributed by atoms with Gasteiger partial charge in [-0.05, 0) is 115 Å². The molecule has 3 fully saturated rings. The van der Waals surface area contributed by atoms with Gasteiger partial charge < -0.3 is 9.47 Å². The van der Waals surface area contributed by atoms with Gasteiger partial charge >= 0.3 is 6.16 Å². The quantitative estimate of drug-likeness (QED) is 0.172. The molecule has 1 aromatic rings. The Kier molecular flexibility index (Phi) is 9.22. The molecule has 0 bridgehead atoms. The number of benzene rings is 1. The van der Waals surface area contributed by atoms with Crippen molar-refractivity contribution in [3.05, 3.63) is 41.5 Å². The summed E-state index contributed by atoms with van der Waals surface area (Å²) in [6, 6.07) is 9.55. The number of carbonyl (C=O) groups excluding carboxylic acids is 1. The lowest BCUT2D eigenvalue weighted by Gasteiger charge is -2.58. The second-order valence-corrected chi connectivity index (χ2v) is 14.9. The van der Waals surface area contributed by atoms with Crippen molar-refractivity contribution in [1.82, 2.24) is 0 Å². The number of hydrogen-bond acceptors (Lipinski definition) is 4. The third-order valence-electron chi connectivity index (χ3n) is 12.2. The van der Waals surface area contributed by atoms with Crippen molar-refractivity contribution in [3.63, 3.8) is 0 Å². The van der Waals surface area contributed by atoms with Crippen molar-refractivity contribution < 1.29 is 14.3 Å². The summed E-state index contributed by atoms with van der Waals surface area (Å²) >= 11 is 0. The van der Waals surface area contributed by atoms with Gasteiger partial charge in [0.1, 0.15) is 11.9 Å². The molecule has 3 saturated carbocycles. The lowest BCUT2D eigenvalue weighted by molar-refractivity contribution is -0.0597. The van der Waals surface area contributed by atoms with Gasteiger partial charge in [-0.15, -0.1) is 0 Å². The zero-order valence-corrected chi connectivity index (χ0v) is 26.3. The van der Waals surface area contributed by atoms with E-state index in [0.29, 0.717) is 24.0 Å². The maximum absolute atomic E-state index is 12.6. The van der Waals surface area contributed by atoms with E-state index in [-0.39, 0.29) is 11.5 Å². The van der Waals surface area contributed by atoms with Crippen LogP contribution in [-0.4, -0.2) is 12.3 Å². The van der Waals surface area contributed by atoms with Gasteiger partial charge in [-0.2, -0.15) is 5.26 Å². The van der Waals surface area contributed by atoms with E-state index >= 15 is 0 Å². The smallest absolute Gasteiger partial charge is 0.430 e. The molecule has 0 spiro atoms. The van der Waals surface area contributed by atoms with Crippen LogP contribution in [0, 0.1) is 57.7 Å². The molecular formula is C37H53NO3. The van der Waals surface area contributed by atoms with E-state index in [0.717, 1.165) is 60.3 Å². The summed E-state index contributed by atoms with van der Waals surface area (Å²) in [6.45, 7) is 12.5. The average Bonchev–Trinajstić information content (AvgIpc) is 3.30. The molecule has 5 rings (SSSR count). The van der Waals surface area contributed by atoms with E-state index in [2.05, 4.69) is 46.8 Å². The molecule has 0 N–H and O–H groups in total. The van der Waals surface area contributed by atoms with Crippen LogP contribution in [0.1, 0.15) is 117 Å². The van der Waals surface area contributed by atoms with Crippen LogP contribution < -0.4 is 4.74 Å². The Morgan fingerprint density at radius 2 is 1.80 bits per heavy atom. The summed E-state index contributed by atoms with van der Waals surface area (Å²) in [4.78, 5) is 12.6. The van der Waals surface area contributed by atoms with Crippen LogP contribution in [0.3, 0.4) is 0 Å². The Morgan fingerprint density at radius 3 is 2.54 bits per heavy atom. The molecule has 0 saturated heterocycles. The topological polar surface area (TPSA) is 59.3 Å². The van der Waals surface area contributed by atoms with Crippen molar-refractivity contribution in [2.45, 2.75) is 124 Å². The molecule has 4 aliphatic carbocycles. The third kappa shape index (κ3) is 6.25. The molecule has 0 unspecified atom stereocenters. The van der Waals surface area contributed by atoms with Crippen molar-refractivity contribution in [2.24, 2.45) is 46.3 Å². The molecule has 0 heterocycles. The number of allylic oxidation sites excluding steroid dienone is 1. The van der Waals surface area contributed by atoms with Gasteiger partial charge in [-0.1, -0.05) is 77.7 Å². The van der Waals surface area contributed by atoms with E-state index in [1.54, 1.807) is 12.1 Å². The number of ether oxygens (including phenoxy) is 2. The zero-order valence-electron chi connectivity index (χ0n) is 26.3. The number of carbonyl (C=O) groups is 1. The van der Waals surface area contributed by atoms with E-state index in [9.17, 15) is 4.79 Å². The van der Waals surface area contributed by atoms with E-state index in [1.165, 1.54) is 56.9 Å². The highest BCUT2D eigenvalue weighted by Gasteiger charge is 2.59. The summed E-state index contributed by atoms with van der Waals surface area (Å²) in [5, 5.41) is 8.77. The number of hydrogen-bond donors (Lipinski definition) is 0. The minimum atomic E-state index is -0.606. The highest BCUT2D eigenvalue weighted by atomic mass is 16.7. The van der Waals surface area contributed by atoms with Crippen LogP contribution in [0.25, 0.3) is 0 Å². The Labute approximate surface area is 249 Å². The lowest BCUT2D eigenvalue weighted by Crippen LogP contribution is -2.51. The Balaban J connectivity index is 1.18. The first-order valence-electron chi connectivity index (χ1n) is 16.7. The Hall–Kier alpha value is -2.28. The van der Waals surface area contributed by atoms with Gasteiger partial charge in [0.25, 0.3) is 0 Å². The number of aryl methyl sites for hydroxylation is 1. The fourth-order valence-corrected chi connectivity index (χ4v) is 9.93. The summed E-state index contributed by atoms with van der Waals surface area (Å²) < 4.78 is 11.3. The largest absolute Gasteiger partial charge is 0.514 e. The fraction of sp³-hybridized carbons (Fsp3) is 0.730. The maximum Gasteiger partial charge on any atom is 0.514 e. The lowest BCUT2D eigenvalue weighted by atomic mass is 9.47. The minimum Gasteiger partial charge on any atom is -0.430 e. The van der Waals surface area contributed by atoms with Gasteiger partial charge in [0.05, 0.1) is 6.07 Å². The fourth-order valence-electron chi connectivity index (χ4n) is 9.93. The second-order valence-electron chi connectivity index (χ2n) is 14.9. The van der Waals surface area contributed by atoms with E-state index in [1.807, 2.05) is 12.1 Å². The zero-order chi connectivity index (χ0) is 29.2. The number of nitrogens with zero attached hydrogens (tertiary/aromatic N) is 1. The third-order valence-corrected chi connectivity index (χ3v) is 12.2. The first-order chi connectivity index (χ1) is 19.6. The van der Waals surface area contributed by atoms with Gasteiger partial charge in [-0.3, -0.25) is 0 Å². The van der Waals surface area contributed by atoms with Crippen molar-refractivity contribution in [2.75, 3.05) is 0 Å². The normalized spacial score (nSPS) is 35.0. The molecule has 4 nitrogen and oxygen atoms in total. The molecule has 4 aliphatic rings. The highest BCUT2D eigenvalue weighted by Crippen LogP contribution is 2.67. The molecule has 4 heteroatoms. The van der Waals surface area contributed by atoms with Gasteiger partial charge in [0.15, 0.2) is 0 Å². The molecule has 1 aromatic carbocycles. The molecule has 0 aliphatic heterocycles. The number of rotatable bonds is 9. The van der Waals surface area contributed by atoms with E-state index < -0.39 is 6.16 Å². The van der Waals surface area contributed by atoms with Crippen molar-refractivity contribution in [1.29, 1.82) is 5.26 Å². The molecule has 0 aromatic heterocycles. The average molecular weight is 560 g/mol. The van der Waals surface area contributed by atoms with Crippen molar-refractivity contribution >= 4 is 6.16 Å². The molecule has 41 heavy (non-hydrogen) atoms. The second kappa shape index (κ2) is 12.5. The molecule has 8 atom stereocenters. The monoisotopic (exact) mass is 559 g/mol. The summed E-state index contributed by atoms with van der Waals surface area (Å²) in [5.41, 5.74) is 3.35. The predicted molar refractivity (Wildman–Crippen MR) is 164 cm³/mol. The molecule has 224 valence electrons. The minimum absolute atomic E-state index is 0.107. The van der Waals surface area contributed by atoms with E-state index in [4.69, 9.17) is 14.7 Å². The first-order valence-corrected chi connectivity index (χ1v) is 16.7. The SMILES string of the molecule is CC(C)CCC[C@H](C)[C@@H]1CC[C@@H]2[C@H]3CC=C4C[C@@H](OC(=O)Oc5ccc(CCC#N)cc5)CC[C@]4(C)[C@@H]3CC[C@@]21C. The standard InChI is InChI=1S/C37H53NO3/c1-25(2)8-6-9-26(3)32-17-18-33-31-16-13-28-24-30(19-21-36(28,4)34(31)20-22-37(32,33)5)41-35(39)40-29-14-11-27(12-15-29)10-7-23-38/h11-15,25-26,30-34H,6-10,16-22,24H2,1-5H3/t26-,30-,31+,32-,33+,34+,36-,37+/m0/s1. The Morgan fingerprint density at radius 1 is 1.02 bits per heavy atom. The van der Waals surface area contributed by atoms with Crippen molar-refractivity contribution in [3.8, 4) is 11.8 Å². The summed E-state index contributed by atoms with van der Waals surface area (Å²) in [6.07, 6.45) is 16.9. The first kappa shape index (κ1) is 30.2. The van der Waals surface area contributed by atoms with Crippen LogP contribution >= 0.6 is 0 Å². The number of fused-ring (bicyclic) bond motifs is 5. The molecular weight excluding hydrogens is 506 g/mol. The van der Waals surface area contributed by atoms with Gasteiger partial charge in [-0.25, -0.2) is 4.79 Å². The van der Waals surface area contributed by atoms with Crippen LogP contribution in [0.2, 0.25) is 0 Å². The molecule has 0 radical (unpaired) electrons. The highest BCUT2D eigenvalue weighted by molar-refractivity contribution is 5.64. The van der Waals surface area contributed by atoms with Gasteiger partial charge in [0, 0.05) is 12.8 Å². The maximum atomic E-state index is 12.6. The number of nitriles is 1. The summed E-state index contributed by atoms with van der Waals surface area (Å²) in [5.74, 6) is 5.49. The van der Waals surface area contributed by atoms with Crippen LogP contribution in [0.15, 0.2) is 35.9 Å². The van der Waals surface area contributed by atoms with Gasteiger partial charge in [0.2, 0.25) is 0 Å². The summed E-state index contributed by atoms with van der Waals surface area (Å²) in [7, 11) is 0. The van der Waals surface area contributed by atoms with Crippen LogP contribution in [-0.2, 0) is 11.2 Å². The predicted octanol–water partition coefficient (Wildman–Crippen LogP) is 10.1. The van der Waals surface area contributed by atoms with Crippen LogP contribution in [0.5, 0.6) is 5.75 Å². The van der Waals surface area contributed by atoms with Crippen LogP contribution in [0.4, 0.5) is 4.79 Å². The Bertz CT molecular complexity index is 1130. The molecule has 0 amide bonds.